The molecule has 1 atom stereocenters. The number of pyridine rings is 1. The lowest BCUT2D eigenvalue weighted by atomic mass is 10.0. The van der Waals surface area contributed by atoms with E-state index in [0.29, 0.717) is 12.2 Å². The molecule has 5 nitrogen and oxygen atoms in total. The van der Waals surface area contributed by atoms with E-state index in [0.717, 1.165) is 19.4 Å². The molecule has 2 rings (SSSR count). The van der Waals surface area contributed by atoms with Gasteiger partial charge in [0.2, 0.25) is 0 Å². The molecular formula is C12H16N2O3. The second-order valence-corrected chi connectivity index (χ2v) is 4.48. The smallest absolute Gasteiger partial charge is 0.337 e. The zero-order chi connectivity index (χ0) is 12.3. The molecule has 92 valence electrons. The Kier molecular flexibility index (Phi) is 3.28. The van der Waals surface area contributed by atoms with Gasteiger partial charge >= 0.3 is 5.97 Å². The van der Waals surface area contributed by atoms with Gasteiger partial charge < -0.3 is 15.2 Å². The molecule has 0 radical (unpaired) electrons. The molecule has 1 aromatic rings. The maximum absolute atomic E-state index is 11.0. The van der Waals surface area contributed by atoms with Crippen LogP contribution in [0.15, 0.2) is 18.5 Å². The van der Waals surface area contributed by atoms with Crippen molar-refractivity contribution in [3.63, 3.8) is 0 Å². The van der Waals surface area contributed by atoms with E-state index in [-0.39, 0.29) is 11.2 Å². The number of carboxylic acid groups (broad SMARTS) is 1. The van der Waals surface area contributed by atoms with Gasteiger partial charge in [0.1, 0.15) is 0 Å². The van der Waals surface area contributed by atoms with E-state index in [1.165, 1.54) is 18.5 Å². The van der Waals surface area contributed by atoms with E-state index < -0.39 is 5.97 Å². The molecule has 5 heteroatoms. The number of carbonyl (C=O) groups is 1. The third-order valence-electron chi connectivity index (χ3n) is 3.00. The van der Waals surface area contributed by atoms with Crippen LogP contribution in [0.3, 0.4) is 0 Å². The highest BCUT2D eigenvalue weighted by atomic mass is 16.5. The first kappa shape index (κ1) is 11.9. The highest BCUT2D eigenvalue weighted by Crippen LogP contribution is 2.25. The average molecular weight is 236 g/mol. The van der Waals surface area contributed by atoms with Gasteiger partial charge in [-0.15, -0.1) is 0 Å². The standard InChI is InChI=1S/C12H16N2O3/c1-12(4-2-6-17-12)8-14-10-7-13-5-3-9(10)11(15)16/h3,5,7,14H,2,4,6,8H2,1H3,(H,15,16). The van der Waals surface area contributed by atoms with Crippen molar-refractivity contribution < 1.29 is 14.6 Å². The van der Waals surface area contributed by atoms with Crippen LogP contribution in [-0.2, 0) is 4.74 Å². The molecule has 0 spiro atoms. The molecular weight excluding hydrogens is 220 g/mol. The highest BCUT2D eigenvalue weighted by Gasteiger charge is 2.29. The van der Waals surface area contributed by atoms with E-state index in [4.69, 9.17) is 9.84 Å². The summed E-state index contributed by atoms with van der Waals surface area (Å²) in [5.41, 5.74) is 0.573. The largest absolute Gasteiger partial charge is 0.478 e. The van der Waals surface area contributed by atoms with E-state index >= 15 is 0 Å². The minimum absolute atomic E-state index is 0.203. The zero-order valence-electron chi connectivity index (χ0n) is 9.77. The van der Waals surface area contributed by atoms with Crippen LogP contribution in [0.2, 0.25) is 0 Å². The molecule has 17 heavy (non-hydrogen) atoms. The summed E-state index contributed by atoms with van der Waals surface area (Å²) >= 11 is 0. The molecule has 1 unspecified atom stereocenters. The third-order valence-corrected chi connectivity index (χ3v) is 3.00. The van der Waals surface area contributed by atoms with Crippen molar-refractivity contribution in [2.24, 2.45) is 0 Å². The number of hydrogen-bond donors (Lipinski definition) is 2. The Labute approximate surface area is 99.8 Å². The Morgan fingerprint density at radius 1 is 1.71 bits per heavy atom. The van der Waals surface area contributed by atoms with Gasteiger partial charge in [0.15, 0.2) is 0 Å². The minimum atomic E-state index is -0.951. The number of nitrogens with one attached hydrogen (secondary N) is 1. The molecule has 0 saturated carbocycles. The molecule has 2 N–H and O–H groups in total. The van der Waals surface area contributed by atoms with Crippen molar-refractivity contribution in [2.45, 2.75) is 25.4 Å². The monoisotopic (exact) mass is 236 g/mol. The summed E-state index contributed by atoms with van der Waals surface area (Å²) in [6.07, 6.45) is 5.05. The Bertz CT molecular complexity index is 414. The summed E-state index contributed by atoms with van der Waals surface area (Å²) in [5.74, 6) is -0.951. The number of rotatable bonds is 4. The number of nitrogens with zero attached hydrogens (tertiary/aromatic N) is 1. The zero-order valence-corrected chi connectivity index (χ0v) is 9.77. The second-order valence-electron chi connectivity index (χ2n) is 4.48. The van der Waals surface area contributed by atoms with Gasteiger partial charge in [0.25, 0.3) is 0 Å². The number of anilines is 1. The molecule has 2 heterocycles. The maximum Gasteiger partial charge on any atom is 0.337 e. The third kappa shape index (κ3) is 2.74. The van der Waals surface area contributed by atoms with Crippen LogP contribution in [0.1, 0.15) is 30.1 Å². The first-order valence-corrected chi connectivity index (χ1v) is 5.66. The first-order valence-electron chi connectivity index (χ1n) is 5.66. The lowest BCUT2D eigenvalue weighted by Gasteiger charge is -2.24. The Morgan fingerprint density at radius 2 is 2.53 bits per heavy atom. The lowest BCUT2D eigenvalue weighted by molar-refractivity contribution is 0.0314. The molecule has 1 saturated heterocycles. The fourth-order valence-electron chi connectivity index (χ4n) is 1.98. The lowest BCUT2D eigenvalue weighted by Crippen LogP contribution is -2.33. The molecule has 0 amide bonds. The minimum Gasteiger partial charge on any atom is -0.478 e. The summed E-state index contributed by atoms with van der Waals surface area (Å²) in [6, 6.07) is 1.49. The fraction of sp³-hybridized carbons (Fsp3) is 0.500. The van der Waals surface area contributed by atoms with Crippen molar-refractivity contribution in [1.29, 1.82) is 0 Å². The van der Waals surface area contributed by atoms with Crippen LogP contribution in [-0.4, -0.2) is 34.8 Å². The van der Waals surface area contributed by atoms with Crippen LogP contribution < -0.4 is 5.32 Å². The SMILES string of the molecule is CC1(CNc2cnccc2C(=O)O)CCCO1. The van der Waals surface area contributed by atoms with Crippen LogP contribution >= 0.6 is 0 Å². The summed E-state index contributed by atoms with van der Waals surface area (Å²) < 4.78 is 5.63. The van der Waals surface area contributed by atoms with Crippen LogP contribution in [0.4, 0.5) is 5.69 Å². The molecule has 0 aromatic carbocycles. The molecule has 0 aliphatic carbocycles. The van der Waals surface area contributed by atoms with Crippen LogP contribution in [0.25, 0.3) is 0 Å². The second kappa shape index (κ2) is 4.71. The number of hydrogen-bond acceptors (Lipinski definition) is 4. The number of aromatic carboxylic acids is 1. The summed E-state index contributed by atoms with van der Waals surface area (Å²) in [5, 5.41) is 12.1. The van der Waals surface area contributed by atoms with Crippen molar-refractivity contribution in [3.05, 3.63) is 24.0 Å². The Hall–Kier alpha value is -1.62. The quantitative estimate of drug-likeness (QED) is 0.833. The molecule has 0 bridgehead atoms. The first-order chi connectivity index (χ1) is 8.11. The summed E-state index contributed by atoms with van der Waals surface area (Å²) in [7, 11) is 0. The summed E-state index contributed by atoms with van der Waals surface area (Å²) in [6.45, 7) is 3.40. The average Bonchev–Trinajstić information content (AvgIpc) is 2.74. The van der Waals surface area contributed by atoms with E-state index in [1.54, 1.807) is 0 Å². The van der Waals surface area contributed by atoms with E-state index in [9.17, 15) is 4.79 Å². The van der Waals surface area contributed by atoms with Gasteiger partial charge in [-0.05, 0) is 25.8 Å². The Balaban J connectivity index is 2.06. The number of ether oxygens (including phenoxy) is 1. The predicted molar refractivity (Wildman–Crippen MR) is 63.3 cm³/mol. The highest BCUT2D eigenvalue weighted by molar-refractivity contribution is 5.93. The van der Waals surface area contributed by atoms with Gasteiger partial charge in [-0.1, -0.05) is 0 Å². The maximum atomic E-state index is 11.0. The number of carboxylic acids is 1. The molecule has 1 aliphatic rings. The Morgan fingerprint density at radius 3 is 3.18 bits per heavy atom. The van der Waals surface area contributed by atoms with Crippen molar-refractivity contribution in [3.8, 4) is 0 Å². The van der Waals surface area contributed by atoms with Crippen LogP contribution in [0, 0.1) is 0 Å². The predicted octanol–water partition coefficient (Wildman–Crippen LogP) is 1.76. The topological polar surface area (TPSA) is 71.5 Å². The van der Waals surface area contributed by atoms with Gasteiger partial charge in [-0.2, -0.15) is 0 Å². The van der Waals surface area contributed by atoms with Crippen molar-refractivity contribution in [2.75, 3.05) is 18.5 Å². The van der Waals surface area contributed by atoms with Gasteiger partial charge in [0, 0.05) is 19.3 Å². The fourth-order valence-corrected chi connectivity index (χ4v) is 1.98. The summed E-state index contributed by atoms with van der Waals surface area (Å²) in [4.78, 5) is 14.9. The van der Waals surface area contributed by atoms with E-state index in [1.807, 2.05) is 6.92 Å². The normalized spacial score (nSPS) is 23.6. The van der Waals surface area contributed by atoms with Crippen molar-refractivity contribution >= 4 is 11.7 Å². The van der Waals surface area contributed by atoms with Gasteiger partial charge in [-0.25, -0.2) is 4.79 Å². The number of aromatic nitrogens is 1. The van der Waals surface area contributed by atoms with Crippen LogP contribution in [0.5, 0.6) is 0 Å². The van der Waals surface area contributed by atoms with E-state index in [2.05, 4.69) is 10.3 Å². The van der Waals surface area contributed by atoms with Gasteiger partial charge in [0.05, 0.1) is 23.0 Å². The van der Waals surface area contributed by atoms with Gasteiger partial charge in [-0.3, -0.25) is 4.98 Å². The molecule has 1 fully saturated rings. The molecule has 1 aromatic heterocycles. The molecule has 1 aliphatic heterocycles. The van der Waals surface area contributed by atoms with Crippen molar-refractivity contribution in [1.82, 2.24) is 4.98 Å².